The SMILES string of the molecule is Br.CC1N=C(c2ccccc2)c2cccc3c2N(CC3)C1=O.ClCCl.NC1N=C(c2ccccc2)c2cccc3c2N(CC3)C1=O. The van der Waals surface area contributed by atoms with Gasteiger partial charge in [-0.3, -0.25) is 19.6 Å². The maximum atomic E-state index is 12.6. The largest absolute Gasteiger partial charge is 0.309 e. The number of amides is 2. The van der Waals surface area contributed by atoms with Crippen LogP contribution in [-0.4, -0.2) is 53.9 Å². The molecule has 4 aromatic carbocycles. The number of benzene rings is 4. The van der Waals surface area contributed by atoms with Crippen molar-refractivity contribution in [1.82, 2.24) is 0 Å². The van der Waals surface area contributed by atoms with E-state index in [9.17, 15) is 9.59 Å². The van der Waals surface area contributed by atoms with Crippen LogP contribution in [0.1, 0.15) is 40.3 Å². The maximum absolute atomic E-state index is 12.6. The van der Waals surface area contributed by atoms with E-state index in [2.05, 4.69) is 41.4 Å². The molecule has 0 bridgehead atoms. The molecule has 4 aliphatic rings. The predicted octanol–water partition coefficient (Wildman–Crippen LogP) is 6.53. The van der Waals surface area contributed by atoms with Gasteiger partial charge in [0.15, 0.2) is 6.17 Å². The highest BCUT2D eigenvalue weighted by molar-refractivity contribution is 8.93. The van der Waals surface area contributed by atoms with Gasteiger partial charge in [0.25, 0.3) is 11.8 Å². The summed E-state index contributed by atoms with van der Waals surface area (Å²) in [6.07, 6.45) is 0.978. The van der Waals surface area contributed by atoms with Crippen LogP contribution in [0.3, 0.4) is 0 Å². The summed E-state index contributed by atoms with van der Waals surface area (Å²) >= 11 is 9.53. The topological polar surface area (TPSA) is 91.4 Å². The minimum absolute atomic E-state index is 0. The van der Waals surface area contributed by atoms with Gasteiger partial charge in [0, 0.05) is 35.3 Å². The fourth-order valence-electron chi connectivity index (χ4n) is 6.35. The predicted molar refractivity (Wildman–Crippen MR) is 193 cm³/mol. The maximum Gasteiger partial charge on any atom is 0.266 e. The third kappa shape index (κ3) is 6.40. The number of nitrogens with two attached hydrogens (primary N) is 1. The second-order valence-corrected chi connectivity index (χ2v) is 11.8. The average Bonchev–Trinajstić information content (AvgIpc) is 3.67. The number of hydrogen-bond donors (Lipinski definition) is 1. The summed E-state index contributed by atoms with van der Waals surface area (Å²) in [4.78, 5) is 37.9. The van der Waals surface area contributed by atoms with E-state index in [1.54, 1.807) is 4.90 Å². The van der Waals surface area contributed by atoms with Crippen molar-refractivity contribution in [2.45, 2.75) is 32.0 Å². The summed E-state index contributed by atoms with van der Waals surface area (Å²) in [6, 6.07) is 32.1. The van der Waals surface area contributed by atoms with Crippen LogP contribution in [0.2, 0.25) is 0 Å². The number of hydrogen-bond acceptors (Lipinski definition) is 5. The second kappa shape index (κ2) is 14.7. The molecule has 0 fully saturated rings. The summed E-state index contributed by atoms with van der Waals surface area (Å²) in [5.41, 5.74) is 16.4. The smallest absolute Gasteiger partial charge is 0.266 e. The Kier molecular flexibility index (Phi) is 10.7. The van der Waals surface area contributed by atoms with Gasteiger partial charge in [-0.1, -0.05) is 97.1 Å². The van der Waals surface area contributed by atoms with E-state index < -0.39 is 6.17 Å². The Bertz CT molecular complexity index is 1670. The zero-order chi connectivity index (χ0) is 31.5. The molecule has 2 atom stereocenters. The highest BCUT2D eigenvalue weighted by Gasteiger charge is 2.35. The number of anilines is 2. The Balaban J connectivity index is 0.000000164. The van der Waals surface area contributed by atoms with Gasteiger partial charge in [-0.25, -0.2) is 0 Å². The third-order valence-electron chi connectivity index (χ3n) is 8.33. The van der Waals surface area contributed by atoms with Crippen LogP contribution >= 0.6 is 40.2 Å². The standard InChI is InChI=1S/C18H16N2O.C17H15N3O.CH2Cl2.BrH/c1-12-18(21)20-11-10-14-8-5-9-15(17(14)20)16(19-12)13-6-3-2-4-7-13;18-16-17(21)20-10-9-12-7-4-8-13(15(12)20)14(19-16)11-5-2-1-3-6-11;2-1-3;/h2-9,12H,10-11H2,1H3;1-8,16H,9-10,18H2;1H2;1H. The third-order valence-corrected chi connectivity index (χ3v) is 8.33. The van der Waals surface area contributed by atoms with Crippen molar-refractivity contribution in [2.75, 3.05) is 28.2 Å². The lowest BCUT2D eigenvalue weighted by Gasteiger charge is -2.18. The van der Waals surface area contributed by atoms with Crippen LogP contribution in [0.15, 0.2) is 107 Å². The number of aliphatic imine (C=N–C) groups is 2. The molecule has 7 nitrogen and oxygen atoms in total. The first-order valence-corrected chi connectivity index (χ1v) is 16.0. The Morgan fingerprint density at radius 1 is 0.674 bits per heavy atom. The van der Waals surface area contributed by atoms with Crippen molar-refractivity contribution in [2.24, 2.45) is 15.7 Å². The number of nitrogens with zero attached hydrogens (tertiary/aromatic N) is 4. The van der Waals surface area contributed by atoms with Crippen LogP contribution in [0, 0.1) is 0 Å². The molecule has 8 rings (SSSR count). The van der Waals surface area contributed by atoms with Crippen molar-refractivity contribution >= 4 is 74.8 Å². The van der Waals surface area contributed by atoms with E-state index in [0.717, 1.165) is 64.4 Å². The van der Waals surface area contributed by atoms with Crippen LogP contribution < -0.4 is 15.5 Å². The van der Waals surface area contributed by atoms with Crippen molar-refractivity contribution in [1.29, 1.82) is 0 Å². The zero-order valence-electron chi connectivity index (χ0n) is 25.3. The van der Waals surface area contributed by atoms with Gasteiger partial charge in [0.2, 0.25) is 0 Å². The molecule has 236 valence electrons. The molecule has 0 radical (unpaired) electrons. The minimum atomic E-state index is -0.835. The first-order valence-electron chi connectivity index (χ1n) is 14.9. The highest BCUT2D eigenvalue weighted by Crippen LogP contribution is 2.37. The van der Waals surface area contributed by atoms with Crippen molar-refractivity contribution in [3.8, 4) is 0 Å². The number of halogens is 3. The molecule has 0 aromatic heterocycles. The lowest BCUT2D eigenvalue weighted by Crippen LogP contribution is -2.41. The molecule has 2 amide bonds. The molecular formula is C36H34BrCl2N5O2. The zero-order valence-corrected chi connectivity index (χ0v) is 28.5. The molecule has 4 heterocycles. The summed E-state index contributed by atoms with van der Waals surface area (Å²) in [6.45, 7) is 3.35. The van der Waals surface area contributed by atoms with Crippen LogP contribution in [-0.2, 0) is 22.4 Å². The van der Waals surface area contributed by atoms with E-state index in [4.69, 9.17) is 33.9 Å². The lowest BCUT2D eigenvalue weighted by atomic mass is 9.98. The van der Waals surface area contributed by atoms with Crippen LogP contribution in [0.25, 0.3) is 0 Å². The van der Waals surface area contributed by atoms with Gasteiger partial charge < -0.3 is 15.5 Å². The van der Waals surface area contributed by atoms with Gasteiger partial charge in [-0.15, -0.1) is 40.2 Å². The molecule has 10 heteroatoms. The summed E-state index contributed by atoms with van der Waals surface area (Å²) in [7, 11) is 0. The first-order chi connectivity index (χ1) is 21.9. The molecule has 0 aliphatic carbocycles. The number of alkyl halides is 2. The van der Waals surface area contributed by atoms with Crippen LogP contribution in [0.5, 0.6) is 0 Å². The Morgan fingerprint density at radius 2 is 1.11 bits per heavy atom. The Hall–Kier alpha value is -3.82. The first kappa shape index (κ1) is 33.5. The van der Waals surface area contributed by atoms with Crippen molar-refractivity contribution in [3.63, 3.8) is 0 Å². The molecule has 46 heavy (non-hydrogen) atoms. The summed E-state index contributed by atoms with van der Waals surface area (Å²) < 4.78 is 0. The fourth-order valence-corrected chi connectivity index (χ4v) is 6.35. The number of para-hydroxylation sites is 2. The fraction of sp³-hybridized carbons (Fsp3) is 0.222. The monoisotopic (exact) mass is 717 g/mol. The Morgan fingerprint density at radius 3 is 1.59 bits per heavy atom. The van der Waals surface area contributed by atoms with Gasteiger partial charge in [-0.05, 0) is 30.9 Å². The second-order valence-electron chi connectivity index (χ2n) is 11.0. The summed E-state index contributed by atoms with van der Waals surface area (Å²) in [5, 5.41) is 0.194. The van der Waals surface area contributed by atoms with Gasteiger partial charge >= 0.3 is 0 Å². The van der Waals surface area contributed by atoms with Crippen molar-refractivity contribution in [3.05, 3.63) is 130 Å². The van der Waals surface area contributed by atoms with Crippen molar-refractivity contribution < 1.29 is 9.59 Å². The van der Waals surface area contributed by atoms with Crippen LogP contribution in [0.4, 0.5) is 11.4 Å². The van der Waals surface area contributed by atoms with E-state index in [1.807, 2.05) is 72.5 Å². The molecule has 0 spiro atoms. The van der Waals surface area contributed by atoms with E-state index in [-0.39, 0.29) is 40.2 Å². The van der Waals surface area contributed by atoms with E-state index in [1.165, 1.54) is 11.1 Å². The van der Waals surface area contributed by atoms with Gasteiger partial charge in [0.05, 0.1) is 28.1 Å². The van der Waals surface area contributed by atoms with E-state index >= 15 is 0 Å². The Labute approximate surface area is 289 Å². The summed E-state index contributed by atoms with van der Waals surface area (Å²) in [5.74, 6) is -0.0146. The van der Waals surface area contributed by atoms with E-state index in [0.29, 0.717) is 6.54 Å². The normalized spacial score (nSPS) is 18.7. The average molecular weight is 720 g/mol. The molecular weight excluding hydrogens is 685 g/mol. The molecule has 0 saturated heterocycles. The lowest BCUT2D eigenvalue weighted by molar-refractivity contribution is -0.120. The molecule has 2 unspecified atom stereocenters. The molecule has 2 N–H and O–H groups in total. The highest BCUT2D eigenvalue weighted by atomic mass is 79.9. The minimum Gasteiger partial charge on any atom is -0.309 e. The quantitative estimate of drug-likeness (QED) is 0.239. The number of rotatable bonds is 2. The molecule has 4 aromatic rings. The number of carbonyl (C=O) groups excluding carboxylic acids is 2. The molecule has 4 aliphatic heterocycles. The molecule has 0 saturated carbocycles. The number of carbonyl (C=O) groups is 2. The van der Waals surface area contributed by atoms with Gasteiger partial charge in [-0.2, -0.15) is 0 Å². The van der Waals surface area contributed by atoms with Gasteiger partial charge in [0.1, 0.15) is 6.04 Å².